The molecule has 0 saturated heterocycles. The van der Waals surface area contributed by atoms with Gasteiger partial charge in [-0.05, 0) is 68.3 Å². The highest BCUT2D eigenvalue weighted by molar-refractivity contribution is 6.10. The molecule has 0 fully saturated rings. The van der Waals surface area contributed by atoms with E-state index in [1.165, 1.54) is 12.3 Å². The number of benzene rings is 2. The Kier molecular flexibility index (Phi) is 5.75. The molecule has 2 amide bonds. The molecule has 0 unspecified atom stereocenters. The minimum absolute atomic E-state index is 0.0961. The first kappa shape index (κ1) is 19.2. The number of nitrogens with one attached hydrogen (secondary N) is 2. The van der Waals surface area contributed by atoms with Gasteiger partial charge in [0, 0.05) is 17.3 Å². The first-order valence-electron chi connectivity index (χ1n) is 8.94. The number of hydrogen-bond acceptors (Lipinski definition) is 3. The molecular weight excluding hydrogens is 352 g/mol. The van der Waals surface area contributed by atoms with E-state index in [-0.39, 0.29) is 11.6 Å². The fraction of sp³-hybridized carbons (Fsp3) is 0.130. The van der Waals surface area contributed by atoms with Crippen LogP contribution in [0.5, 0.6) is 0 Å². The van der Waals surface area contributed by atoms with E-state index in [1.54, 1.807) is 24.3 Å². The van der Waals surface area contributed by atoms with Crippen LogP contribution in [0.1, 0.15) is 32.8 Å². The maximum absolute atomic E-state index is 12.8. The number of rotatable bonds is 5. The van der Waals surface area contributed by atoms with Gasteiger partial charge in [0.1, 0.15) is 11.5 Å². The van der Waals surface area contributed by atoms with Crippen LogP contribution >= 0.6 is 0 Å². The van der Waals surface area contributed by atoms with Gasteiger partial charge < -0.3 is 15.1 Å². The minimum atomic E-state index is -0.433. The molecule has 28 heavy (non-hydrogen) atoms. The zero-order valence-electron chi connectivity index (χ0n) is 16.1. The van der Waals surface area contributed by atoms with Gasteiger partial charge in [0.25, 0.3) is 11.8 Å². The Labute approximate surface area is 164 Å². The highest BCUT2D eigenvalue weighted by Crippen LogP contribution is 2.14. The molecule has 1 aromatic heterocycles. The Bertz CT molecular complexity index is 1020. The van der Waals surface area contributed by atoms with Gasteiger partial charge in [0.05, 0.1) is 6.26 Å². The lowest BCUT2D eigenvalue weighted by molar-refractivity contribution is -0.113. The van der Waals surface area contributed by atoms with Crippen LogP contribution in [0.15, 0.2) is 71.0 Å². The summed E-state index contributed by atoms with van der Waals surface area (Å²) in [5, 5.41) is 5.50. The fourth-order valence-corrected chi connectivity index (χ4v) is 2.59. The predicted octanol–water partition coefficient (Wildman–Crippen LogP) is 4.61. The van der Waals surface area contributed by atoms with Gasteiger partial charge in [-0.25, -0.2) is 0 Å². The van der Waals surface area contributed by atoms with Crippen molar-refractivity contribution in [2.24, 2.45) is 0 Å². The Morgan fingerprint density at radius 3 is 2.32 bits per heavy atom. The van der Waals surface area contributed by atoms with Crippen molar-refractivity contribution >= 4 is 23.6 Å². The van der Waals surface area contributed by atoms with Crippen molar-refractivity contribution in [2.45, 2.75) is 20.8 Å². The smallest absolute Gasteiger partial charge is 0.272 e. The number of carbonyl (C=O) groups is 2. The molecular formula is C23H22N2O3. The lowest BCUT2D eigenvalue weighted by Crippen LogP contribution is -2.30. The second kappa shape index (κ2) is 8.39. The molecule has 2 aromatic carbocycles. The topological polar surface area (TPSA) is 71.3 Å². The number of hydrogen-bond donors (Lipinski definition) is 2. The summed E-state index contributed by atoms with van der Waals surface area (Å²) in [5.41, 5.74) is 4.41. The van der Waals surface area contributed by atoms with E-state index < -0.39 is 5.91 Å². The van der Waals surface area contributed by atoms with Crippen LogP contribution in [-0.4, -0.2) is 11.8 Å². The van der Waals surface area contributed by atoms with Crippen LogP contribution in [-0.2, 0) is 4.79 Å². The molecule has 142 valence electrons. The normalized spacial score (nSPS) is 11.2. The molecule has 1 heterocycles. The van der Waals surface area contributed by atoms with Gasteiger partial charge >= 0.3 is 0 Å². The molecule has 0 radical (unpaired) electrons. The van der Waals surface area contributed by atoms with Crippen LogP contribution < -0.4 is 10.6 Å². The van der Waals surface area contributed by atoms with E-state index >= 15 is 0 Å². The van der Waals surface area contributed by atoms with E-state index in [0.29, 0.717) is 17.0 Å². The summed E-state index contributed by atoms with van der Waals surface area (Å²) in [6.07, 6.45) is 3.01. The first-order chi connectivity index (χ1) is 13.4. The average Bonchev–Trinajstić information content (AvgIpc) is 3.18. The third kappa shape index (κ3) is 4.76. The number of anilines is 1. The molecule has 0 aliphatic carbocycles. The molecule has 0 aliphatic rings. The molecule has 0 bridgehead atoms. The highest BCUT2D eigenvalue weighted by Gasteiger charge is 2.16. The molecule has 0 atom stereocenters. The molecule has 0 saturated carbocycles. The van der Waals surface area contributed by atoms with Crippen LogP contribution in [0.3, 0.4) is 0 Å². The summed E-state index contributed by atoms with van der Waals surface area (Å²) < 4.78 is 5.29. The van der Waals surface area contributed by atoms with E-state index in [0.717, 1.165) is 16.7 Å². The third-order valence-electron chi connectivity index (χ3n) is 4.40. The Balaban J connectivity index is 1.84. The van der Waals surface area contributed by atoms with E-state index in [9.17, 15) is 9.59 Å². The lowest BCUT2D eigenvalue weighted by Gasteiger charge is -2.12. The van der Waals surface area contributed by atoms with Crippen LogP contribution in [0.25, 0.3) is 6.08 Å². The van der Waals surface area contributed by atoms with Crippen molar-refractivity contribution in [3.8, 4) is 0 Å². The van der Waals surface area contributed by atoms with Crippen molar-refractivity contribution in [2.75, 3.05) is 5.32 Å². The Morgan fingerprint density at radius 1 is 0.929 bits per heavy atom. The van der Waals surface area contributed by atoms with Crippen molar-refractivity contribution < 1.29 is 14.0 Å². The molecule has 0 aliphatic heterocycles. The summed E-state index contributed by atoms with van der Waals surface area (Å²) >= 11 is 0. The van der Waals surface area contributed by atoms with Crippen molar-refractivity contribution in [3.63, 3.8) is 0 Å². The van der Waals surface area contributed by atoms with Crippen LogP contribution in [0, 0.1) is 20.8 Å². The second-order valence-corrected chi connectivity index (χ2v) is 6.65. The fourth-order valence-electron chi connectivity index (χ4n) is 2.59. The van der Waals surface area contributed by atoms with E-state index in [4.69, 9.17) is 4.42 Å². The second-order valence-electron chi connectivity index (χ2n) is 6.65. The summed E-state index contributed by atoms with van der Waals surface area (Å²) in [6.45, 7) is 5.89. The largest absolute Gasteiger partial charge is 0.465 e. The monoisotopic (exact) mass is 374 g/mol. The molecule has 2 N–H and O–H groups in total. The average molecular weight is 374 g/mol. The van der Waals surface area contributed by atoms with Gasteiger partial charge in [-0.3, -0.25) is 9.59 Å². The van der Waals surface area contributed by atoms with Gasteiger partial charge in [0.15, 0.2) is 0 Å². The molecule has 0 spiro atoms. The molecule has 3 rings (SSSR count). The standard InChI is InChI=1S/C23H22N2O3/c1-15-6-10-19(11-7-15)24-23(27)21(14-20-5-4-12-28-20)25-22(26)18-9-8-16(2)17(3)13-18/h4-14H,1-3H3,(H,24,27)(H,25,26)/b21-14+. The molecule has 5 heteroatoms. The van der Waals surface area contributed by atoms with Crippen molar-refractivity contribution in [3.05, 3.63) is 94.6 Å². The Hall–Kier alpha value is -3.60. The maximum atomic E-state index is 12.8. The predicted molar refractivity (Wildman–Crippen MR) is 110 cm³/mol. The van der Waals surface area contributed by atoms with Gasteiger partial charge in [0.2, 0.25) is 0 Å². The summed E-state index contributed by atoms with van der Waals surface area (Å²) in [4.78, 5) is 25.5. The number of furan rings is 1. The minimum Gasteiger partial charge on any atom is -0.465 e. The molecule has 5 nitrogen and oxygen atoms in total. The van der Waals surface area contributed by atoms with Crippen molar-refractivity contribution in [1.29, 1.82) is 0 Å². The van der Waals surface area contributed by atoms with E-state index in [2.05, 4.69) is 10.6 Å². The summed E-state index contributed by atoms with van der Waals surface area (Å²) in [5.74, 6) is -0.327. The van der Waals surface area contributed by atoms with E-state index in [1.807, 2.05) is 51.1 Å². The first-order valence-corrected chi connectivity index (χ1v) is 8.94. The van der Waals surface area contributed by atoms with Crippen LogP contribution in [0.4, 0.5) is 5.69 Å². The highest BCUT2D eigenvalue weighted by atomic mass is 16.3. The number of amides is 2. The summed E-state index contributed by atoms with van der Waals surface area (Å²) in [6, 6.07) is 16.3. The van der Waals surface area contributed by atoms with Gasteiger partial charge in [-0.15, -0.1) is 0 Å². The molecule has 3 aromatic rings. The zero-order valence-corrected chi connectivity index (χ0v) is 16.1. The van der Waals surface area contributed by atoms with Gasteiger partial charge in [-0.2, -0.15) is 0 Å². The van der Waals surface area contributed by atoms with Crippen molar-refractivity contribution in [1.82, 2.24) is 5.32 Å². The number of aryl methyl sites for hydroxylation is 3. The zero-order chi connectivity index (χ0) is 20.1. The number of carbonyl (C=O) groups excluding carboxylic acids is 2. The SMILES string of the molecule is Cc1ccc(NC(=O)/C(=C\c2ccco2)NC(=O)c2ccc(C)c(C)c2)cc1. The third-order valence-corrected chi connectivity index (χ3v) is 4.40. The maximum Gasteiger partial charge on any atom is 0.272 e. The lowest BCUT2D eigenvalue weighted by atomic mass is 10.1. The quantitative estimate of drug-likeness (QED) is 0.641. The van der Waals surface area contributed by atoms with Crippen LogP contribution in [0.2, 0.25) is 0 Å². The Morgan fingerprint density at radius 2 is 1.68 bits per heavy atom. The summed E-state index contributed by atoms with van der Waals surface area (Å²) in [7, 11) is 0. The van der Waals surface area contributed by atoms with Gasteiger partial charge in [-0.1, -0.05) is 23.8 Å².